The van der Waals surface area contributed by atoms with Crippen LogP contribution in [-0.4, -0.2) is 42.7 Å². The predicted octanol–water partition coefficient (Wildman–Crippen LogP) is 0.898. The van der Waals surface area contributed by atoms with Crippen LogP contribution >= 0.6 is 0 Å². The van der Waals surface area contributed by atoms with E-state index in [2.05, 4.69) is 9.73 Å². The van der Waals surface area contributed by atoms with E-state index in [0.717, 1.165) is 0 Å². The van der Waals surface area contributed by atoms with Crippen LogP contribution in [0.15, 0.2) is 17.1 Å². The molecule has 0 aliphatic rings. The van der Waals surface area contributed by atoms with Crippen LogP contribution in [0.2, 0.25) is 0 Å². The predicted molar refractivity (Wildman–Crippen MR) is 63.7 cm³/mol. The Hall–Kier alpha value is -1.88. The first-order valence-corrected chi connectivity index (χ1v) is 5.12. The molecule has 0 aliphatic heterocycles. The van der Waals surface area contributed by atoms with Gasteiger partial charge in [-0.2, -0.15) is 0 Å². The second-order valence-electron chi connectivity index (χ2n) is 3.48. The standard InChI is InChI=1S/C12H15NO4/c1-8-5-9(12(16)17-2)6-10(11(8)15)7-13-3-4-14/h5-7,14-15H,3-4H2,1-2H3. The fourth-order valence-corrected chi connectivity index (χ4v) is 1.36. The summed E-state index contributed by atoms with van der Waals surface area (Å²) in [6.45, 7) is 1.87. The Morgan fingerprint density at radius 1 is 1.53 bits per heavy atom. The van der Waals surface area contributed by atoms with Crippen LogP contribution in [0.1, 0.15) is 21.5 Å². The maximum absolute atomic E-state index is 11.4. The van der Waals surface area contributed by atoms with Gasteiger partial charge in [0.15, 0.2) is 0 Å². The first kappa shape index (κ1) is 13.2. The molecule has 0 aliphatic carbocycles. The summed E-state index contributed by atoms with van der Waals surface area (Å²) in [6, 6.07) is 3.04. The third kappa shape index (κ3) is 3.29. The molecule has 0 radical (unpaired) electrons. The second kappa shape index (κ2) is 6.00. The molecule has 92 valence electrons. The molecule has 0 amide bonds. The molecule has 5 nitrogen and oxygen atoms in total. The van der Waals surface area contributed by atoms with Crippen molar-refractivity contribution in [2.24, 2.45) is 4.99 Å². The van der Waals surface area contributed by atoms with E-state index in [4.69, 9.17) is 5.11 Å². The van der Waals surface area contributed by atoms with E-state index in [0.29, 0.717) is 16.7 Å². The molecule has 1 aromatic rings. The van der Waals surface area contributed by atoms with Crippen LogP contribution in [-0.2, 0) is 4.74 Å². The zero-order valence-corrected chi connectivity index (χ0v) is 9.80. The Kier molecular flexibility index (Phi) is 4.66. The van der Waals surface area contributed by atoms with Crippen molar-refractivity contribution in [3.05, 3.63) is 28.8 Å². The lowest BCUT2D eigenvalue weighted by Gasteiger charge is -2.06. The van der Waals surface area contributed by atoms with Crippen molar-refractivity contribution in [2.75, 3.05) is 20.3 Å². The van der Waals surface area contributed by atoms with Crippen molar-refractivity contribution in [3.63, 3.8) is 0 Å². The molecule has 0 atom stereocenters. The number of hydrogen-bond acceptors (Lipinski definition) is 5. The second-order valence-corrected chi connectivity index (χ2v) is 3.48. The Labute approximate surface area is 99.4 Å². The van der Waals surface area contributed by atoms with E-state index in [-0.39, 0.29) is 18.9 Å². The van der Waals surface area contributed by atoms with Crippen molar-refractivity contribution in [1.82, 2.24) is 0 Å². The molecular formula is C12H15NO4. The number of rotatable bonds is 4. The van der Waals surface area contributed by atoms with Crippen LogP contribution in [0.5, 0.6) is 5.75 Å². The molecular weight excluding hydrogens is 222 g/mol. The largest absolute Gasteiger partial charge is 0.507 e. The Balaban J connectivity index is 3.11. The summed E-state index contributed by atoms with van der Waals surface area (Å²) < 4.78 is 4.61. The number of hydrogen-bond donors (Lipinski definition) is 2. The van der Waals surface area contributed by atoms with Crippen molar-refractivity contribution in [2.45, 2.75) is 6.92 Å². The van der Waals surface area contributed by atoms with Gasteiger partial charge in [-0.05, 0) is 24.6 Å². The Morgan fingerprint density at radius 3 is 2.82 bits per heavy atom. The minimum Gasteiger partial charge on any atom is -0.507 e. The number of carbonyl (C=O) groups is 1. The van der Waals surface area contributed by atoms with Crippen molar-refractivity contribution in [3.8, 4) is 5.75 Å². The number of aryl methyl sites for hydroxylation is 1. The minimum atomic E-state index is -0.468. The summed E-state index contributed by atoms with van der Waals surface area (Å²) in [5, 5.41) is 18.4. The highest BCUT2D eigenvalue weighted by atomic mass is 16.5. The molecule has 0 spiro atoms. The molecule has 0 heterocycles. The number of nitrogens with zero attached hydrogens (tertiary/aromatic N) is 1. The molecule has 1 rings (SSSR count). The maximum atomic E-state index is 11.4. The van der Waals surface area contributed by atoms with Gasteiger partial charge in [-0.25, -0.2) is 4.79 Å². The molecule has 0 saturated heterocycles. The van der Waals surface area contributed by atoms with E-state index in [1.165, 1.54) is 19.4 Å². The summed E-state index contributed by atoms with van der Waals surface area (Å²) in [4.78, 5) is 15.3. The normalized spacial score (nSPS) is 10.8. The summed E-state index contributed by atoms with van der Waals surface area (Å²) in [5.74, 6) is -0.399. The first-order chi connectivity index (χ1) is 8.10. The van der Waals surface area contributed by atoms with Gasteiger partial charge in [-0.3, -0.25) is 4.99 Å². The monoisotopic (exact) mass is 237 g/mol. The number of methoxy groups -OCH3 is 1. The number of aliphatic imine (C=N–C) groups is 1. The van der Waals surface area contributed by atoms with Crippen molar-refractivity contribution in [1.29, 1.82) is 0 Å². The van der Waals surface area contributed by atoms with E-state index >= 15 is 0 Å². The van der Waals surface area contributed by atoms with Gasteiger partial charge in [0.1, 0.15) is 5.75 Å². The number of esters is 1. The highest BCUT2D eigenvalue weighted by molar-refractivity contribution is 5.94. The number of aliphatic hydroxyl groups is 1. The van der Waals surface area contributed by atoms with Gasteiger partial charge in [0.05, 0.1) is 25.8 Å². The Morgan fingerprint density at radius 2 is 2.24 bits per heavy atom. The molecule has 1 aromatic carbocycles. The van der Waals surface area contributed by atoms with Crippen LogP contribution in [0.3, 0.4) is 0 Å². The lowest BCUT2D eigenvalue weighted by Crippen LogP contribution is -2.03. The fraction of sp³-hybridized carbons (Fsp3) is 0.333. The molecule has 0 aromatic heterocycles. The number of carbonyl (C=O) groups excluding carboxylic acids is 1. The number of ether oxygens (including phenoxy) is 1. The highest BCUT2D eigenvalue weighted by Gasteiger charge is 2.11. The smallest absolute Gasteiger partial charge is 0.337 e. The summed E-state index contributed by atoms with van der Waals surface area (Å²) >= 11 is 0. The molecule has 0 saturated carbocycles. The summed E-state index contributed by atoms with van der Waals surface area (Å²) in [7, 11) is 1.30. The maximum Gasteiger partial charge on any atom is 0.337 e. The lowest BCUT2D eigenvalue weighted by atomic mass is 10.1. The molecule has 5 heteroatoms. The van der Waals surface area contributed by atoms with Gasteiger partial charge in [0, 0.05) is 11.8 Å². The average molecular weight is 237 g/mol. The van der Waals surface area contributed by atoms with E-state index in [1.54, 1.807) is 13.0 Å². The third-order valence-corrected chi connectivity index (χ3v) is 2.21. The molecule has 0 bridgehead atoms. The van der Waals surface area contributed by atoms with E-state index in [9.17, 15) is 9.90 Å². The molecule has 0 unspecified atom stereocenters. The third-order valence-electron chi connectivity index (χ3n) is 2.21. The van der Waals surface area contributed by atoms with E-state index in [1.807, 2.05) is 0 Å². The van der Waals surface area contributed by atoms with Crippen LogP contribution in [0.25, 0.3) is 0 Å². The highest BCUT2D eigenvalue weighted by Crippen LogP contribution is 2.22. The average Bonchev–Trinajstić information content (AvgIpc) is 2.33. The summed E-state index contributed by atoms with van der Waals surface area (Å²) in [5.41, 5.74) is 1.35. The summed E-state index contributed by atoms with van der Waals surface area (Å²) in [6.07, 6.45) is 1.42. The van der Waals surface area contributed by atoms with E-state index < -0.39 is 5.97 Å². The molecule has 17 heavy (non-hydrogen) atoms. The molecule has 2 N–H and O–H groups in total. The van der Waals surface area contributed by atoms with Gasteiger partial charge in [-0.1, -0.05) is 0 Å². The van der Waals surface area contributed by atoms with Crippen molar-refractivity contribution < 1.29 is 19.7 Å². The quantitative estimate of drug-likeness (QED) is 0.602. The number of phenols is 1. The van der Waals surface area contributed by atoms with Crippen molar-refractivity contribution >= 4 is 12.2 Å². The molecule has 0 fully saturated rings. The Bertz CT molecular complexity index is 440. The number of phenolic OH excluding ortho intramolecular Hbond substituents is 1. The first-order valence-electron chi connectivity index (χ1n) is 5.12. The zero-order chi connectivity index (χ0) is 12.8. The minimum absolute atomic E-state index is 0.0626. The van der Waals surface area contributed by atoms with Gasteiger partial charge in [-0.15, -0.1) is 0 Å². The topological polar surface area (TPSA) is 79.1 Å². The van der Waals surface area contributed by atoms with Crippen LogP contribution in [0.4, 0.5) is 0 Å². The van der Waals surface area contributed by atoms with Crippen LogP contribution in [0, 0.1) is 6.92 Å². The van der Waals surface area contributed by atoms with Gasteiger partial charge in [0.25, 0.3) is 0 Å². The fourth-order valence-electron chi connectivity index (χ4n) is 1.36. The number of aromatic hydroxyl groups is 1. The number of aliphatic hydroxyl groups excluding tert-OH is 1. The SMILES string of the molecule is COC(=O)c1cc(C)c(O)c(C=NCCO)c1. The van der Waals surface area contributed by atoms with Crippen LogP contribution < -0.4 is 0 Å². The van der Waals surface area contributed by atoms with Gasteiger partial charge < -0.3 is 14.9 Å². The lowest BCUT2D eigenvalue weighted by molar-refractivity contribution is 0.0600. The zero-order valence-electron chi connectivity index (χ0n) is 9.80. The van der Waals surface area contributed by atoms with Gasteiger partial charge in [0.2, 0.25) is 0 Å². The number of benzene rings is 1. The van der Waals surface area contributed by atoms with Gasteiger partial charge >= 0.3 is 5.97 Å².